The van der Waals surface area contributed by atoms with E-state index in [1.165, 1.54) is 34.7 Å². The molecule has 3 aromatic carbocycles. The van der Waals surface area contributed by atoms with Gasteiger partial charge in [-0.1, -0.05) is 42.5 Å². The quantitative estimate of drug-likeness (QED) is 0.402. The van der Waals surface area contributed by atoms with E-state index in [0.29, 0.717) is 35.8 Å². The zero-order valence-electron chi connectivity index (χ0n) is 24.7. The molecule has 7 nitrogen and oxygen atoms in total. The number of hydrogen-bond donors (Lipinski definition) is 1. The van der Waals surface area contributed by atoms with Crippen LogP contribution in [0.5, 0.6) is 0 Å². The molecule has 2 aliphatic rings. The highest BCUT2D eigenvalue weighted by Crippen LogP contribution is 2.43. The number of fused-ring (bicyclic) bond motifs is 1. The number of carbonyl (C=O) groups excluding carboxylic acids is 1. The molecule has 1 amide bonds. The van der Waals surface area contributed by atoms with E-state index in [1.807, 2.05) is 0 Å². The van der Waals surface area contributed by atoms with Gasteiger partial charge in [-0.15, -0.1) is 0 Å². The van der Waals surface area contributed by atoms with E-state index in [9.17, 15) is 13.2 Å². The Morgan fingerprint density at radius 3 is 2.39 bits per heavy atom. The van der Waals surface area contributed by atoms with Crippen LogP contribution in [0.25, 0.3) is 11.1 Å². The number of benzene rings is 3. The number of hydrogen-bond acceptors (Lipinski definition) is 5. The van der Waals surface area contributed by atoms with Gasteiger partial charge in [0.15, 0.2) is 0 Å². The third-order valence-electron chi connectivity index (χ3n) is 8.81. The highest BCUT2D eigenvalue weighted by molar-refractivity contribution is 7.89. The smallest absolute Gasteiger partial charge is 0.243 e. The number of rotatable bonds is 7. The standard InChI is InChI=1S/C33H41N3O4S/c1-22-9-8-10-29(24(22)3)26-11-13-27(14-12-26)33-30-20-35(17-6-7-18-36(30)31(33)21-40-5)41(38,39)32-16-15-28(19-23(32)2)34-25(4)37/h8-16,19,30-31,33H,6-7,17-18,20-21H2,1-5H3,(H,34,37)/t30?,31-,33+/m1/s1. The Morgan fingerprint density at radius 2 is 1.71 bits per heavy atom. The van der Waals surface area contributed by atoms with E-state index >= 15 is 0 Å². The van der Waals surface area contributed by atoms with Crippen LogP contribution in [0.1, 0.15) is 47.9 Å². The second-order valence-corrected chi connectivity index (χ2v) is 13.4. The predicted octanol–water partition coefficient (Wildman–Crippen LogP) is 5.50. The van der Waals surface area contributed by atoms with Crippen LogP contribution in [-0.4, -0.2) is 69.0 Å². The molecule has 2 fully saturated rings. The van der Waals surface area contributed by atoms with Crippen LogP contribution in [0.3, 0.4) is 0 Å². The molecule has 41 heavy (non-hydrogen) atoms. The summed E-state index contributed by atoms with van der Waals surface area (Å²) in [5.74, 6) is -0.0193. The molecule has 0 saturated carbocycles. The zero-order chi connectivity index (χ0) is 29.3. The van der Waals surface area contributed by atoms with Crippen LogP contribution < -0.4 is 5.32 Å². The zero-order valence-corrected chi connectivity index (χ0v) is 25.5. The number of ether oxygens (including phenoxy) is 1. The summed E-state index contributed by atoms with van der Waals surface area (Å²) in [4.78, 5) is 14.2. The number of nitrogens with zero attached hydrogens (tertiary/aromatic N) is 2. The van der Waals surface area contributed by atoms with Gasteiger partial charge in [0.2, 0.25) is 15.9 Å². The molecule has 0 bridgehead atoms. The average Bonchev–Trinajstić information content (AvgIpc) is 2.91. The molecule has 0 spiro atoms. The van der Waals surface area contributed by atoms with E-state index in [4.69, 9.17) is 4.74 Å². The molecule has 0 aromatic heterocycles. The van der Waals surface area contributed by atoms with Crippen molar-refractivity contribution in [2.45, 2.75) is 63.4 Å². The average molecular weight is 576 g/mol. The van der Waals surface area contributed by atoms with Crippen LogP contribution in [-0.2, 0) is 19.6 Å². The minimum Gasteiger partial charge on any atom is -0.383 e. The van der Waals surface area contributed by atoms with Crippen molar-refractivity contribution >= 4 is 21.6 Å². The molecule has 1 unspecified atom stereocenters. The maximum atomic E-state index is 14.0. The normalized spacial score (nSPS) is 21.8. The van der Waals surface area contributed by atoms with Gasteiger partial charge in [0.25, 0.3) is 0 Å². The van der Waals surface area contributed by atoms with Gasteiger partial charge in [-0.3, -0.25) is 9.69 Å². The molecule has 1 N–H and O–H groups in total. The van der Waals surface area contributed by atoms with Crippen LogP contribution >= 0.6 is 0 Å². The van der Waals surface area contributed by atoms with Gasteiger partial charge < -0.3 is 10.1 Å². The third kappa shape index (κ3) is 5.84. The number of carbonyl (C=O) groups is 1. The number of methoxy groups -OCH3 is 1. The van der Waals surface area contributed by atoms with Crippen molar-refractivity contribution in [2.24, 2.45) is 0 Å². The number of anilines is 1. The van der Waals surface area contributed by atoms with Crippen LogP contribution in [0.4, 0.5) is 5.69 Å². The summed E-state index contributed by atoms with van der Waals surface area (Å²) in [7, 11) is -1.99. The number of amides is 1. The molecule has 2 heterocycles. The van der Waals surface area contributed by atoms with Gasteiger partial charge >= 0.3 is 0 Å². The Kier molecular flexibility index (Phi) is 8.66. The van der Waals surface area contributed by atoms with Crippen molar-refractivity contribution in [2.75, 3.05) is 38.7 Å². The summed E-state index contributed by atoms with van der Waals surface area (Å²) in [5, 5.41) is 2.74. The van der Waals surface area contributed by atoms with Crippen molar-refractivity contribution in [3.05, 3.63) is 82.9 Å². The lowest BCUT2D eigenvalue weighted by atomic mass is 9.74. The minimum atomic E-state index is -3.72. The van der Waals surface area contributed by atoms with E-state index < -0.39 is 10.0 Å². The Morgan fingerprint density at radius 1 is 0.976 bits per heavy atom. The SMILES string of the molecule is COC[C@@H]1[C@@H](c2ccc(-c3cccc(C)c3C)cc2)C2CN(S(=O)(=O)c3ccc(NC(C)=O)cc3C)CCCCN21. The molecule has 3 aromatic rings. The van der Waals surface area contributed by atoms with Crippen molar-refractivity contribution in [3.63, 3.8) is 0 Å². The molecule has 2 aliphatic heterocycles. The summed E-state index contributed by atoms with van der Waals surface area (Å²) in [6.45, 7) is 9.99. The van der Waals surface area contributed by atoms with Crippen LogP contribution in [0, 0.1) is 20.8 Å². The lowest BCUT2D eigenvalue weighted by molar-refractivity contribution is -0.114. The summed E-state index contributed by atoms with van der Waals surface area (Å²) in [6, 6.07) is 20.5. The first-order chi connectivity index (χ1) is 19.6. The first-order valence-electron chi connectivity index (χ1n) is 14.4. The fourth-order valence-corrected chi connectivity index (χ4v) is 8.29. The van der Waals surface area contributed by atoms with Gasteiger partial charge in [0.05, 0.1) is 11.5 Å². The topological polar surface area (TPSA) is 79.0 Å². The molecule has 8 heteroatoms. The highest BCUT2D eigenvalue weighted by Gasteiger charge is 2.50. The first-order valence-corrected chi connectivity index (χ1v) is 15.9. The molecular formula is C33H41N3O4S. The van der Waals surface area contributed by atoms with E-state index in [2.05, 4.69) is 66.5 Å². The third-order valence-corrected chi connectivity index (χ3v) is 10.8. The van der Waals surface area contributed by atoms with Gasteiger partial charge in [0, 0.05) is 50.8 Å². The fourth-order valence-electron chi connectivity index (χ4n) is 6.59. The molecule has 218 valence electrons. The van der Waals surface area contributed by atoms with Crippen molar-refractivity contribution in [3.8, 4) is 11.1 Å². The van der Waals surface area contributed by atoms with Gasteiger partial charge in [-0.2, -0.15) is 4.31 Å². The number of aryl methyl sites for hydroxylation is 2. The van der Waals surface area contributed by atoms with Crippen molar-refractivity contribution in [1.29, 1.82) is 0 Å². The molecule has 5 rings (SSSR count). The molecule has 2 saturated heterocycles. The minimum absolute atomic E-state index is 0.0655. The van der Waals surface area contributed by atoms with Crippen molar-refractivity contribution in [1.82, 2.24) is 9.21 Å². The summed E-state index contributed by atoms with van der Waals surface area (Å²) in [5.41, 5.74) is 7.43. The second kappa shape index (κ2) is 12.1. The van der Waals surface area contributed by atoms with Gasteiger partial charge in [-0.05, 0) is 91.7 Å². The van der Waals surface area contributed by atoms with Gasteiger partial charge in [-0.25, -0.2) is 8.42 Å². The predicted molar refractivity (Wildman–Crippen MR) is 164 cm³/mol. The van der Waals surface area contributed by atoms with E-state index in [-0.39, 0.29) is 23.9 Å². The Bertz CT molecular complexity index is 1520. The van der Waals surface area contributed by atoms with E-state index in [0.717, 1.165) is 19.4 Å². The molecule has 3 atom stereocenters. The summed E-state index contributed by atoms with van der Waals surface area (Å²) in [6.07, 6.45) is 1.74. The monoisotopic (exact) mass is 575 g/mol. The second-order valence-electron chi connectivity index (χ2n) is 11.5. The maximum Gasteiger partial charge on any atom is 0.243 e. The largest absolute Gasteiger partial charge is 0.383 e. The van der Waals surface area contributed by atoms with Gasteiger partial charge in [0.1, 0.15) is 0 Å². The lowest BCUT2D eigenvalue weighted by Crippen LogP contribution is -2.68. The first kappa shape index (κ1) is 29.5. The Balaban J connectivity index is 1.43. The van der Waals surface area contributed by atoms with Crippen LogP contribution in [0.2, 0.25) is 0 Å². The Hall–Kier alpha value is -3.04. The number of sulfonamides is 1. The fraction of sp³-hybridized carbons (Fsp3) is 0.424. The highest BCUT2D eigenvalue weighted by atomic mass is 32.2. The van der Waals surface area contributed by atoms with E-state index in [1.54, 1.807) is 36.5 Å². The summed E-state index contributed by atoms with van der Waals surface area (Å²) >= 11 is 0. The lowest BCUT2D eigenvalue weighted by Gasteiger charge is -2.57. The molecule has 0 radical (unpaired) electrons. The molecule has 0 aliphatic carbocycles. The van der Waals surface area contributed by atoms with Crippen molar-refractivity contribution < 1.29 is 17.9 Å². The summed E-state index contributed by atoms with van der Waals surface area (Å²) < 4.78 is 35.3. The Labute approximate surface area is 244 Å². The maximum absolute atomic E-state index is 14.0. The van der Waals surface area contributed by atoms with Crippen LogP contribution in [0.15, 0.2) is 65.6 Å². The number of nitrogens with one attached hydrogen (secondary N) is 1. The molecular weight excluding hydrogens is 534 g/mol.